The quantitative estimate of drug-likeness (QED) is 0.884. The molecule has 2 rings (SSSR count). The third-order valence-corrected chi connectivity index (χ3v) is 3.65. The smallest absolute Gasteiger partial charge is 0.105 e. The Hall–Kier alpha value is -0.490. The van der Waals surface area contributed by atoms with Crippen molar-refractivity contribution in [2.24, 2.45) is 0 Å². The van der Waals surface area contributed by atoms with Crippen LogP contribution in [0.1, 0.15) is 19.0 Å². The van der Waals surface area contributed by atoms with Gasteiger partial charge in [0.15, 0.2) is 0 Å². The fraction of sp³-hybridized carbons (Fsp3) is 0.583. The highest BCUT2D eigenvalue weighted by Crippen LogP contribution is 2.24. The van der Waals surface area contributed by atoms with Gasteiger partial charge in [0.2, 0.25) is 0 Å². The number of ether oxygens (including phenoxy) is 1. The van der Waals surface area contributed by atoms with E-state index in [1.165, 1.54) is 0 Å². The van der Waals surface area contributed by atoms with E-state index in [2.05, 4.69) is 26.2 Å². The van der Waals surface area contributed by atoms with Crippen molar-refractivity contribution in [2.75, 3.05) is 13.2 Å². The van der Waals surface area contributed by atoms with Crippen LogP contribution in [0.3, 0.4) is 0 Å². The summed E-state index contributed by atoms with van der Waals surface area (Å²) in [5.41, 5.74) is 0.221. The molecule has 1 aromatic rings. The topological polar surface area (TPSA) is 54.4 Å². The van der Waals surface area contributed by atoms with Crippen molar-refractivity contribution in [3.05, 3.63) is 28.5 Å². The Labute approximate surface area is 110 Å². The van der Waals surface area contributed by atoms with E-state index in [9.17, 15) is 5.11 Å². The highest BCUT2D eigenvalue weighted by molar-refractivity contribution is 9.10. The van der Waals surface area contributed by atoms with Crippen molar-refractivity contribution in [1.82, 2.24) is 10.3 Å². The summed E-state index contributed by atoms with van der Waals surface area (Å²) in [7, 11) is 0. The van der Waals surface area contributed by atoms with E-state index in [0.717, 1.165) is 10.2 Å². The van der Waals surface area contributed by atoms with Gasteiger partial charge in [-0.15, -0.1) is 0 Å². The van der Waals surface area contributed by atoms with Gasteiger partial charge in [0.1, 0.15) is 5.60 Å². The molecule has 1 aromatic heterocycles. The zero-order valence-electron chi connectivity index (χ0n) is 9.82. The maximum Gasteiger partial charge on any atom is 0.105 e. The lowest BCUT2D eigenvalue weighted by atomic mass is 9.97. The van der Waals surface area contributed by atoms with Crippen LogP contribution in [-0.2, 0) is 11.3 Å². The predicted octanol–water partition coefficient (Wildman–Crippen LogP) is 1.47. The molecule has 5 heteroatoms. The van der Waals surface area contributed by atoms with Crippen LogP contribution in [0.15, 0.2) is 22.8 Å². The van der Waals surface area contributed by atoms with Crippen molar-refractivity contribution >= 4 is 15.9 Å². The van der Waals surface area contributed by atoms with Gasteiger partial charge in [-0.25, -0.2) is 0 Å². The molecule has 1 aliphatic rings. The molecule has 2 N–H and O–H groups in total. The van der Waals surface area contributed by atoms with Gasteiger partial charge >= 0.3 is 0 Å². The van der Waals surface area contributed by atoms with Gasteiger partial charge in [0, 0.05) is 36.8 Å². The Bertz CT molecular complexity index is 371. The van der Waals surface area contributed by atoms with Gasteiger partial charge in [-0.3, -0.25) is 4.98 Å². The number of rotatable bonds is 4. The minimum absolute atomic E-state index is 0.104. The van der Waals surface area contributed by atoms with Crippen molar-refractivity contribution in [3.63, 3.8) is 0 Å². The highest BCUT2D eigenvalue weighted by atomic mass is 79.9. The second kappa shape index (κ2) is 5.44. The van der Waals surface area contributed by atoms with Crippen LogP contribution in [0.25, 0.3) is 0 Å². The molecule has 1 fully saturated rings. The number of aliphatic hydroxyl groups is 1. The lowest BCUT2D eigenvalue weighted by Gasteiger charge is -2.26. The Kier molecular flexibility index (Phi) is 4.14. The van der Waals surface area contributed by atoms with E-state index in [0.29, 0.717) is 26.1 Å². The van der Waals surface area contributed by atoms with Crippen molar-refractivity contribution in [3.8, 4) is 0 Å². The summed E-state index contributed by atoms with van der Waals surface area (Å²) < 4.78 is 6.35. The van der Waals surface area contributed by atoms with Crippen LogP contribution < -0.4 is 5.32 Å². The number of hydrogen-bond donors (Lipinski definition) is 2. The zero-order chi connectivity index (χ0) is 12.3. The Morgan fingerprint density at radius 2 is 2.47 bits per heavy atom. The molecule has 0 aliphatic carbocycles. The van der Waals surface area contributed by atoms with Crippen LogP contribution >= 0.6 is 15.9 Å². The van der Waals surface area contributed by atoms with Gasteiger partial charge in [-0.05, 0) is 35.0 Å². The number of nitrogens with zero attached hydrogens (tertiary/aromatic N) is 1. The summed E-state index contributed by atoms with van der Waals surface area (Å²) in [5, 5.41) is 13.5. The highest BCUT2D eigenvalue weighted by Gasteiger charge is 2.38. The molecule has 2 unspecified atom stereocenters. The van der Waals surface area contributed by atoms with E-state index < -0.39 is 5.60 Å². The largest absolute Gasteiger partial charge is 0.386 e. The molecule has 0 spiro atoms. The minimum Gasteiger partial charge on any atom is -0.386 e. The zero-order valence-corrected chi connectivity index (χ0v) is 11.4. The fourth-order valence-corrected chi connectivity index (χ4v) is 2.16. The first kappa shape index (κ1) is 13.0. The first-order valence-corrected chi connectivity index (χ1v) is 6.54. The molecule has 0 radical (unpaired) electrons. The molecular weight excluding hydrogens is 284 g/mol. The molecule has 4 nitrogen and oxygen atoms in total. The van der Waals surface area contributed by atoms with Gasteiger partial charge in [0.25, 0.3) is 0 Å². The average molecular weight is 301 g/mol. The summed E-state index contributed by atoms with van der Waals surface area (Å²) in [5.74, 6) is 0. The fourth-order valence-electron chi connectivity index (χ4n) is 1.92. The molecule has 2 atom stereocenters. The van der Waals surface area contributed by atoms with Gasteiger partial charge in [0.05, 0.1) is 11.8 Å². The van der Waals surface area contributed by atoms with Crippen LogP contribution in [0.5, 0.6) is 0 Å². The SMILES string of the molecule is CC1OCCC1(O)CNCc1ccc(Br)cn1. The predicted molar refractivity (Wildman–Crippen MR) is 68.6 cm³/mol. The number of pyridine rings is 1. The van der Waals surface area contributed by atoms with Crippen LogP contribution in [-0.4, -0.2) is 34.9 Å². The first-order chi connectivity index (χ1) is 8.10. The molecule has 0 amide bonds. The third kappa shape index (κ3) is 3.25. The monoisotopic (exact) mass is 300 g/mol. The molecule has 17 heavy (non-hydrogen) atoms. The van der Waals surface area contributed by atoms with Gasteiger partial charge < -0.3 is 15.2 Å². The van der Waals surface area contributed by atoms with Crippen LogP contribution in [0.2, 0.25) is 0 Å². The minimum atomic E-state index is -0.741. The molecule has 94 valence electrons. The van der Waals surface area contributed by atoms with Gasteiger partial charge in [-0.2, -0.15) is 0 Å². The van der Waals surface area contributed by atoms with Crippen LogP contribution in [0.4, 0.5) is 0 Å². The molecule has 0 bridgehead atoms. The third-order valence-electron chi connectivity index (χ3n) is 3.19. The first-order valence-electron chi connectivity index (χ1n) is 5.75. The molecule has 0 saturated carbocycles. The van der Waals surface area contributed by atoms with E-state index in [4.69, 9.17) is 4.74 Å². The molecular formula is C12H17BrN2O2. The normalized spacial score (nSPS) is 28.5. The Morgan fingerprint density at radius 1 is 1.65 bits per heavy atom. The molecule has 2 heterocycles. The standard InChI is InChI=1S/C12H17BrN2O2/c1-9-12(16,4-5-17-9)8-14-7-11-3-2-10(13)6-15-11/h2-3,6,9,14,16H,4-5,7-8H2,1H3. The summed E-state index contributed by atoms with van der Waals surface area (Å²) in [6, 6.07) is 3.91. The molecule has 1 saturated heterocycles. The lowest BCUT2D eigenvalue weighted by molar-refractivity contribution is -0.0263. The maximum absolute atomic E-state index is 10.3. The summed E-state index contributed by atoms with van der Waals surface area (Å²) in [6.45, 7) is 3.73. The van der Waals surface area contributed by atoms with E-state index >= 15 is 0 Å². The lowest BCUT2D eigenvalue weighted by Crippen LogP contribution is -2.45. The molecule has 0 aromatic carbocycles. The van der Waals surface area contributed by atoms with Crippen molar-refractivity contribution in [1.29, 1.82) is 0 Å². The average Bonchev–Trinajstić information content (AvgIpc) is 2.63. The number of hydrogen-bond acceptors (Lipinski definition) is 4. The Morgan fingerprint density at radius 3 is 3.06 bits per heavy atom. The summed E-state index contributed by atoms with van der Waals surface area (Å²) in [6.07, 6.45) is 2.36. The van der Waals surface area contributed by atoms with Crippen molar-refractivity contribution < 1.29 is 9.84 Å². The second-order valence-electron chi connectivity index (χ2n) is 4.44. The van der Waals surface area contributed by atoms with Crippen molar-refractivity contribution in [2.45, 2.75) is 31.6 Å². The summed E-state index contributed by atoms with van der Waals surface area (Å²) in [4.78, 5) is 4.26. The van der Waals surface area contributed by atoms with E-state index in [1.807, 2.05) is 19.1 Å². The number of nitrogens with one attached hydrogen (secondary N) is 1. The van der Waals surface area contributed by atoms with E-state index in [-0.39, 0.29) is 6.10 Å². The number of halogens is 1. The van der Waals surface area contributed by atoms with Gasteiger partial charge in [-0.1, -0.05) is 0 Å². The maximum atomic E-state index is 10.3. The second-order valence-corrected chi connectivity index (χ2v) is 5.35. The van der Waals surface area contributed by atoms with E-state index in [1.54, 1.807) is 6.20 Å². The summed E-state index contributed by atoms with van der Waals surface area (Å²) >= 11 is 3.34. The number of aromatic nitrogens is 1. The van der Waals surface area contributed by atoms with Crippen LogP contribution in [0, 0.1) is 0 Å². The Balaban J connectivity index is 1.81. The molecule has 1 aliphatic heterocycles.